The number of carbonyl (C=O) groups is 2. The highest BCUT2D eigenvalue weighted by molar-refractivity contribution is 9.10. The van der Waals surface area contributed by atoms with Gasteiger partial charge in [-0.1, -0.05) is 28.1 Å². The van der Waals surface area contributed by atoms with Crippen LogP contribution in [0.2, 0.25) is 0 Å². The molecule has 0 saturated heterocycles. The molecule has 156 valence electrons. The van der Waals surface area contributed by atoms with E-state index in [1.165, 1.54) is 0 Å². The van der Waals surface area contributed by atoms with Gasteiger partial charge in [-0.2, -0.15) is 0 Å². The molecule has 0 unspecified atom stereocenters. The number of aromatic nitrogens is 1. The van der Waals surface area contributed by atoms with E-state index < -0.39 is 0 Å². The maximum Gasteiger partial charge on any atom is 0.255 e. The van der Waals surface area contributed by atoms with Crippen LogP contribution in [-0.2, 0) is 17.6 Å². The maximum absolute atomic E-state index is 12.3. The van der Waals surface area contributed by atoms with Gasteiger partial charge in [-0.05, 0) is 68.1 Å². The molecule has 0 spiro atoms. The van der Waals surface area contributed by atoms with Gasteiger partial charge in [0, 0.05) is 33.3 Å². The molecular weight excluding hydrogens is 462 g/mol. The number of nitrogens with one attached hydrogen (secondary N) is 2. The van der Waals surface area contributed by atoms with Crippen molar-refractivity contribution in [3.8, 4) is 0 Å². The van der Waals surface area contributed by atoms with E-state index in [0.717, 1.165) is 40.0 Å². The molecule has 7 heteroatoms. The Hall–Kier alpha value is -2.51. The number of aryl methyl sites for hydroxylation is 2. The van der Waals surface area contributed by atoms with Gasteiger partial charge in [0.2, 0.25) is 5.91 Å². The summed E-state index contributed by atoms with van der Waals surface area (Å²) in [6.45, 7) is 2.67. The van der Waals surface area contributed by atoms with E-state index in [9.17, 15) is 9.59 Å². The molecule has 0 bridgehead atoms. The van der Waals surface area contributed by atoms with Crippen LogP contribution in [0.3, 0.4) is 0 Å². The molecule has 0 aliphatic carbocycles. The van der Waals surface area contributed by atoms with E-state index in [0.29, 0.717) is 24.2 Å². The highest BCUT2D eigenvalue weighted by atomic mass is 79.9. The fraction of sp³-hybridized carbons (Fsp3) is 0.261. The van der Waals surface area contributed by atoms with E-state index in [-0.39, 0.29) is 11.8 Å². The highest BCUT2D eigenvalue weighted by Gasteiger charge is 2.07. The molecular formula is C23H24BrN3O2S. The molecule has 1 aromatic heterocycles. The number of amides is 2. The van der Waals surface area contributed by atoms with Crippen molar-refractivity contribution in [1.29, 1.82) is 0 Å². The second kappa shape index (κ2) is 11.0. The molecule has 3 aromatic rings. The van der Waals surface area contributed by atoms with E-state index >= 15 is 0 Å². The van der Waals surface area contributed by atoms with Crippen molar-refractivity contribution in [3.63, 3.8) is 0 Å². The number of nitrogens with zero attached hydrogens (tertiary/aromatic N) is 1. The standard InChI is InChI=1S/C23H24BrN3O2S/c1-16-15-30-22(26-16)4-2-3-13-25-21(28)14-17-5-11-20(12-6-17)27-23(29)18-7-9-19(24)10-8-18/h5-12,15H,2-4,13-14H2,1H3,(H,25,28)(H,27,29). The lowest BCUT2D eigenvalue weighted by atomic mass is 10.1. The van der Waals surface area contributed by atoms with Gasteiger partial charge in [0.15, 0.2) is 0 Å². The van der Waals surface area contributed by atoms with E-state index in [1.54, 1.807) is 23.5 Å². The van der Waals surface area contributed by atoms with Crippen LogP contribution in [0.15, 0.2) is 58.4 Å². The Labute approximate surface area is 189 Å². The quantitative estimate of drug-likeness (QED) is 0.411. The fourth-order valence-electron chi connectivity index (χ4n) is 2.90. The Kier molecular flexibility index (Phi) is 8.16. The first kappa shape index (κ1) is 22.2. The predicted octanol–water partition coefficient (Wildman–Crippen LogP) is 5.15. The molecule has 0 fully saturated rings. The summed E-state index contributed by atoms with van der Waals surface area (Å²) in [7, 11) is 0. The van der Waals surface area contributed by atoms with Gasteiger partial charge >= 0.3 is 0 Å². The van der Waals surface area contributed by atoms with Gasteiger partial charge in [-0.25, -0.2) is 4.98 Å². The van der Waals surface area contributed by atoms with Gasteiger partial charge < -0.3 is 10.6 Å². The summed E-state index contributed by atoms with van der Waals surface area (Å²) in [6, 6.07) is 14.5. The number of hydrogen-bond donors (Lipinski definition) is 2. The topological polar surface area (TPSA) is 71.1 Å². The van der Waals surface area contributed by atoms with Crippen molar-refractivity contribution in [1.82, 2.24) is 10.3 Å². The summed E-state index contributed by atoms with van der Waals surface area (Å²) in [4.78, 5) is 28.8. The zero-order valence-electron chi connectivity index (χ0n) is 16.8. The second-order valence-electron chi connectivity index (χ2n) is 7.02. The Bertz CT molecular complexity index is 984. The molecule has 1 heterocycles. The molecule has 3 rings (SSSR count). The third-order valence-electron chi connectivity index (χ3n) is 4.49. The van der Waals surface area contributed by atoms with Crippen molar-refractivity contribution in [2.75, 3.05) is 11.9 Å². The first-order valence-electron chi connectivity index (χ1n) is 9.83. The second-order valence-corrected chi connectivity index (χ2v) is 8.88. The third kappa shape index (κ3) is 7.07. The third-order valence-corrected chi connectivity index (χ3v) is 6.04. The Morgan fingerprint density at radius 3 is 2.43 bits per heavy atom. The number of thiazole rings is 1. The Balaban J connectivity index is 1.37. The zero-order chi connectivity index (χ0) is 21.3. The lowest BCUT2D eigenvalue weighted by molar-refractivity contribution is -0.120. The minimum absolute atomic E-state index is 0.00624. The zero-order valence-corrected chi connectivity index (χ0v) is 19.2. The predicted molar refractivity (Wildman–Crippen MR) is 125 cm³/mol. The normalized spacial score (nSPS) is 10.6. The summed E-state index contributed by atoms with van der Waals surface area (Å²) in [5.41, 5.74) is 3.27. The fourth-order valence-corrected chi connectivity index (χ4v) is 3.99. The van der Waals surface area contributed by atoms with Gasteiger partial charge in [0.05, 0.1) is 11.4 Å². The van der Waals surface area contributed by atoms with Crippen LogP contribution in [0.4, 0.5) is 5.69 Å². The Morgan fingerprint density at radius 2 is 1.77 bits per heavy atom. The number of benzene rings is 2. The molecule has 0 atom stereocenters. The smallest absolute Gasteiger partial charge is 0.255 e. The van der Waals surface area contributed by atoms with Crippen molar-refractivity contribution < 1.29 is 9.59 Å². The molecule has 0 radical (unpaired) electrons. The first-order valence-corrected chi connectivity index (χ1v) is 11.5. The van der Waals surface area contributed by atoms with Gasteiger partial charge in [-0.15, -0.1) is 11.3 Å². The summed E-state index contributed by atoms with van der Waals surface area (Å²) in [5.74, 6) is -0.160. The van der Waals surface area contributed by atoms with E-state index in [4.69, 9.17) is 0 Å². The van der Waals surface area contributed by atoms with Gasteiger partial charge in [0.1, 0.15) is 0 Å². The van der Waals surface area contributed by atoms with Crippen molar-refractivity contribution in [2.24, 2.45) is 0 Å². The number of hydrogen-bond acceptors (Lipinski definition) is 4. The molecule has 0 aliphatic heterocycles. The van der Waals surface area contributed by atoms with E-state index in [2.05, 4.69) is 36.9 Å². The number of halogens is 1. The van der Waals surface area contributed by atoms with Crippen LogP contribution in [0.1, 0.15) is 39.5 Å². The Morgan fingerprint density at radius 1 is 1.03 bits per heavy atom. The summed E-state index contributed by atoms with van der Waals surface area (Å²) in [5, 5.41) is 9.05. The SMILES string of the molecule is Cc1csc(CCCCNC(=O)Cc2ccc(NC(=O)c3ccc(Br)cc3)cc2)n1. The van der Waals surface area contributed by atoms with Crippen molar-refractivity contribution in [3.05, 3.63) is 80.2 Å². The molecule has 2 N–H and O–H groups in total. The van der Waals surface area contributed by atoms with Crippen LogP contribution in [-0.4, -0.2) is 23.3 Å². The number of anilines is 1. The lowest BCUT2D eigenvalue weighted by Crippen LogP contribution is -2.26. The summed E-state index contributed by atoms with van der Waals surface area (Å²) in [6.07, 6.45) is 3.24. The first-order chi connectivity index (χ1) is 14.5. The number of carbonyl (C=O) groups excluding carboxylic acids is 2. The van der Waals surface area contributed by atoms with Crippen LogP contribution in [0.25, 0.3) is 0 Å². The molecule has 2 amide bonds. The lowest BCUT2D eigenvalue weighted by Gasteiger charge is -2.08. The van der Waals surface area contributed by atoms with Crippen LogP contribution >= 0.6 is 27.3 Å². The highest BCUT2D eigenvalue weighted by Crippen LogP contribution is 2.15. The minimum atomic E-state index is -0.166. The monoisotopic (exact) mass is 485 g/mol. The molecule has 5 nitrogen and oxygen atoms in total. The van der Waals surface area contributed by atoms with Crippen LogP contribution < -0.4 is 10.6 Å². The molecule has 2 aromatic carbocycles. The molecule has 0 aliphatic rings. The van der Waals surface area contributed by atoms with Crippen LogP contribution in [0.5, 0.6) is 0 Å². The van der Waals surface area contributed by atoms with Crippen molar-refractivity contribution >= 4 is 44.8 Å². The van der Waals surface area contributed by atoms with Crippen molar-refractivity contribution in [2.45, 2.75) is 32.6 Å². The average Bonchev–Trinajstić information content (AvgIpc) is 3.14. The van der Waals surface area contributed by atoms with E-state index in [1.807, 2.05) is 43.3 Å². The van der Waals surface area contributed by atoms with Gasteiger partial charge in [-0.3, -0.25) is 9.59 Å². The summed E-state index contributed by atoms with van der Waals surface area (Å²) >= 11 is 5.05. The van der Waals surface area contributed by atoms with Crippen LogP contribution in [0, 0.1) is 6.92 Å². The molecule has 30 heavy (non-hydrogen) atoms. The van der Waals surface area contributed by atoms with Gasteiger partial charge in [0.25, 0.3) is 5.91 Å². The molecule has 0 saturated carbocycles. The number of rotatable bonds is 9. The largest absolute Gasteiger partial charge is 0.356 e. The average molecular weight is 486 g/mol. The summed E-state index contributed by atoms with van der Waals surface area (Å²) < 4.78 is 0.927. The number of unbranched alkanes of at least 4 members (excludes halogenated alkanes) is 1. The maximum atomic E-state index is 12.3. The minimum Gasteiger partial charge on any atom is -0.356 e.